The molecule has 0 bridgehead atoms. The first-order valence-electron chi connectivity index (χ1n) is 8.97. The van der Waals surface area contributed by atoms with Crippen LogP contribution in [0.4, 0.5) is 0 Å². The summed E-state index contributed by atoms with van der Waals surface area (Å²) < 4.78 is 11.9. The Kier molecular flexibility index (Phi) is 8.00. The van der Waals surface area contributed by atoms with E-state index in [9.17, 15) is 0 Å². The van der Waals surface area contributed by atoms with Crippen molar-refractivity contribution in [3.63, 3.8) is 0 Å². The second kappa shape index (κ2) is 10.3. The summed E-state index contributed by atoms with van der Waals surface area (Å²) in [7, 11) is 3.62. The molecule has 0 fully saturated rings. The maximum absolute atomic E-state index is 5.95. The molecule has 0 aliphatic heterocycles. The number of rotatable bonds is 10. The second-order valence-corrected chi connectivity index (χ2v) is 6.29. The second-order valence-electron chi connectivity index (χ2n) is 6.29. The molecule has 2 aromatic carbocycles. The third-order valence-electron chi connectivity index (χ3n) is 4.68. The van der Waals surface area contributed by atoms with E-state index < -0.39 is 0 Å². The zero-order valence-corrected chi connectivity index (χ0v) is 15.2. The minimum Gasteiger partial charge on any atom is -0.376 e. The first-order valence-corrected chi connectivity index (χ1v) is 8.97. The average Bonchev–Trinajstić information content (AvgIpc) is 2.64. The van der Waals surface area contributed by atoms with Crippen LogP contribution in [-0.2, 0) is 9.47 Å². The fourth-order valence-electron chi connectivity index (χ4n) is 3.49. The van der Waals surface area contributed by atoms with Gasteiger partial charge in [0.25, 0.3) is 0 Å². The van der Waals surface area contributed by atoms with Gasteiger partial charge in [0.05, 0.1) is 12.2 Å². The van der Waals surface area contributed by atoms with Crippen LogP contribution in [0.3, 0.4) is 0 Å². The molecule has 2 rings (SSSR count). The highest BCUT2D eigenvalue weighted by Crippen LogP contribution is 2.40. The molecule has 0 N–H and O–H groups in total. The first-order chi connectivity index (χ1) is 11.8. The van der Waals surface area contributed by atoms with Gasteiger partial charge in [0.1, 0.15) is 0 Å². The van der Waals surface area contributed by atoms with E-state index >= 15 is 0 Å². The van der Waals surface area contributed by atoms with E-state index in [0.29, 0.717) is 0 Å². The first kappa shape index (κ1) is 18.7. The van der Waals surface area contributed by atoms with Gasteiger partial charge < -0.3 is 9.47 Å². The Bertz CT molecular complexity index is 505. The van der Waals surface area contributed by atoms with Crippen LogP contribution in [0, 0.1) is 5.92 Å². The third kappa shape index (κ3) is 4.93. The number of benzene rings is 2. The van der Waals surface area contributed by atoms with Gasteiger partial charge in [0.2, 0.25) is 0 Å². The number of unbranched alkanes of at least 4 members (excludes halogenated alkanes) is 2. The average molecular weight is 326 g/mol. The lowest BCUT2D eigenvalue weighted by molar-refractivity contribution is -0.0411. The normalized spacial score (nSPS) is 15.0. The van der Waals surface area contributed by atoms with Crippen molar-refractivity contribution < 1.29 is 9.47 Å². The third-order valence-corrected chi connectivity index (χ3v) is 4.68. The molecule has 0 aliphatic carbocycles. The molecule has 2 aromatic rings. The molecule has 0 radical (unpaired) electrons. The summed E-state index contributed by atoms with van der Waals surface area (Å²) in [5, 5.41) is 0. The van der Waals surface area contributed by atoms with E-state index in [1.807, 2.05) is 26.4 Å². The van der Waals surface area contributed by atoms with E-state index in [1.165, 1.54) is 30.4 Å². The molecule has 0 heterocycles. The van der Waals surface area contributed by atoms with Gasteiger partial charge in [-0.15, -0.1) is 0 Å². The lowest BCUT2D eigenvalue weighted by Gasteiger charge is -2.33. The number of methoxy groups -OCH3 is 2. The van der Waals surface area contributed by atoms with E-state index in [0.717, 1.165) is 6.42 Å². The Morgan fingerprint density at radius 1 is 0.708 bits per heavy atom. The number of hydrogen-bond acceptors (Lipinski definition) is 2. The number of hydrogen-bond donors (Lipinski definition) is 0. The van der Waals surface area contributed by atoms with Crippen LogP contribution >= 0.6 is 0 Å². The number of ether oxygens (including phenoxy) is 2. The highest BCUT2D eigenvalue weighted by atomic mass is 16.5. The molecular formula is C22H30O2. The van der Waals surface area contributed by atoms with Gasteiger partial charge in [-0.2, -0.15) is 0 Å². The molecule has 0 aliphatic rings. The van der Waals surface area contributed by atoms with Crippen LogP contribution < -0.4 is 0 Å². The smallest absolute Gasteiger partial charge is 0.0877 e. The Morgan fingerprint density at radius 2 is 1.17 bits per heavy atom. The Hall–Kier alpha value is -1.64. The standard InChI is InChI=1S/C22H30O2/c1-4-5-8-17-20(21(23-2)18-13-9-6-10-14-18)22(24-3)19-15-11-7-12-16-19/h6-7,9-16,20-22H,4-5,8,17H2,1-3H3. The summed E-state index contributed by atoms with van der Waals surface area (Å²) in [6.45, 7) is 2.24. The largest absolute Gasteiger partial charge is 0.376 e. The lowest BCUT2D eigenvalue weighted by Crippen LogP contribution is -2.24. The molecule has 24 heavy (non-hydrogen) atoms. The lowest BCUT2D eigenvalue weighted by atomic mass is 9.83. The van der Waals surface area contributed by atoms with Crippen LogP contribution in [0.5, 0.6) is 0 Å². The molecule has 0 saturated heterocycles. The van der Waals surface area contributed by atoms with Gasteiger partial charge in [-0.25, -0.2) is 0 Å². The van der Waals surface area contributed by atoms with E-state index in [4.69, 9.17) is 9.47 Å². The maximum atomic E-state index is 5.95. The predicted octanol–water partition coefficient (Wildman–Crippen LogP) is 5.96. The van der Waals surface area contributed by atoms with Crippen molar-refractivity contribution in [1.82, 2.24) is 0 Å². The minimum absolute atomic E-state index is 0.0354. The molecule has 0 aromatic heterocycles. The minimum atomic E-state index is 0.0354. The van der Waals surface area contributed by atoms with Crippen molar-refractivity contribution in [2.75, 3.05) is 14.2 Å². The van der Waals surface area contributed by atoms with Crippen LogP contribution in [0.2, 0.25) is 0 Å². The van der Waals surface area contributed by atoms with Gasteiger partial charge >= 0.3 is 0 Å². The summed E-state index contributed by atoms with van der Waals surface area (Å²) in [6, 6.07) is 21.0. The van der Waals surface area contributed by atoms with Crippen LogP contribution in [0.1, 0.15) is 55.9 Å². The van der Waals surface area contributed by atoms with E-state index in [1.54, 1.807) is 0 Å². The zero-order valence-electron chi connectivity index (χ0n) is 15.2. The highest BCUT2D eigenvalue weighted by molar-refractivity contribution is 5.23. The highest BCUT2D eigenvalue weighted by Gasteiger charge is 2.31. The SMILES string of the molecule is CCCCCC(C(OC)c1ccccc1)C(OC)c1ccccc1. The predicted molar refractivity (Wildman–Crippen MR) is 100 cm³/mol. The molecule has 2 nitrogen and oxygen atoms in total. The molecule has 0 amide bonds. The van der Waals surface area contributed by atoms with Gasteiger partial charge in [0, 0.05) is 20.1 Å². The molecule has 2 unspecified atom stereocenters. The molecule has 2 heteroatoms. The summed E-state index contributed by atoms with van der Waals surface area (Å²) in [4.78, 5) is 0. The van der Waals surface area contributed by atoms with Crippen molar-refractivity contribution in [3.8, 4) is 0 Å². The van der Waals surface area contributed by atoms with E-state index in [2.05, 4.69) is 55.5 Å². The van der Waals surface area contributed by atoms with E-state index in [-0.39, 0.29) is 18.1 Å². The van der Waals surface area contributed by atoms with Crippen molar-refractivity contribution in [2.45, 2.75) is 44.8 Å². The van der Waals surface area contributed by atoms with Gasteiger partial charge in [-0.05, 0) is 17.5 Å². The molecule has 2 atom stereocenters. The van der Waals surface area contributed by atoms with Crippen molar-refractivity contribution in [3.05, 3.63) is 71.8 Å². The summed E-state index contributed by atoms with van der Waals surface area (Å²) in [5.74, 6) is 0.288. The van der Waals surface area contributed by atoms with Crippen molar-refractivity contribution in [2.24, 2.45) is 5.92 Å². The fraction of sp³-hybridized carbons (Fsp3) is 0.455. The Balaban J connectivity index is 2.31. The zero-order chi connectivity index (χ0) is 17.2. The molecular weight excluding hydrogens is 296 g/mol. The quantitative estimate of drug-likeness (QED) is 0.502. The van der Waals surface area contributed by atoms with Gasteiger partial charge in [-0.1, -0.05) is 86.8 Å². The fourth-order valence-corrected chi connectivity index (χ4v) is 3.49. The van der Waals surface area contributed by atoms with Crippen LogP contribution in [0.25, 0.3) is 0 Å². The Morgan fingerprint density at radius 3 is 1.54 bits per heavy atom. The maximum Gasteiger partial charge on any atom is 0.0877 e. The Labute approximate surface area is 146 Å². The summed E-state index contributed by atoms with van der Waals surface area (Å²) in [6.07, 6.45) is 4.82. The van der Waals surface area contributed by atoms with Gasteiger partial charge in [-0.3, -0.25) is 0 Å². The molecule has 130 valence electrons. The van der Waals surface area contributed by atoms with Crippen molar-refractivity contribution >= 4 is 0 Å². The van der Waals surface area contributed by atoms with Crippen LogP contribution in [0.15, 0.2) is 60.7 Å². The van der Waals surface area contributed by atoms with Crippen molar-refractivity contribution in [1.29, 1.82) is 0 Å². The van der Waals surface area contributed by atoms with Gasteiger partial charge in [0.15, 0.2) is 0 Å². The molecule has 0 saturated carbocycles. The summed E-state index contributed by atoms with van der Waals surface area (Å²) >= 11 is 0. The summed E-state index contributed by atoms with van der Waals surface area (Å²) in [5.41, 5.74) is 2.44. The topological polar surface area (TPSA) is 18.5 Å². The van der Waals surface area contributed by atoms with Crippen LogP contribution in [-0.4, -0.2) is 14.2 Å². The molecule has 0 spiro atoms. The monoisotopic (exact) mass is 326 g/mol.